The largest absolute Gasteiger partial charge is 0.480 e. The van der Waals surface area contributed by atoms with Crippen LogP contribution in [-0.4, -0.2) is 58.7 Å². The van der Waals surface area contributed by atoms with Crippen LogP contribution in [0, 0.1) is 5.82 Å². The number of carboxylic acid groups (broad SMARTS) is 1. The van der Waals surface area contributed by atoms with E-state index in [1.807, 2.05) is 0 Å². The van der Waals surface area contributed by atoms with Crippen LogP contribution in [0.2, 0.25) is 0 Å². The summed E-state index contributed by atoms with van der Waals surface area (Å²) in [5, 5.41) is 14.5. The fraction of sp³-hybridized carbons (Fsp3) is 0.500. The molecule has 0 radical (unpaired) electrons. The van der Waals surface area contributed by atoms with E-state index >= 15 is 0 Å². The minimum Gasteiger partial charge on any atom is -0.480 e. The Morgan fingerprint density at radius 3 is 2.28 bits per heavy atom. The Morgan fingerprint density at radius 2 is 1.66 bits per heavy atom. The van der Waals surface area contributed by atoms with Gasteiger partial charge in [0.2, 0.25) is 17.7 Å². The summed E-state index contributed by atoms with van der Waals surface area (Å²) in [6.07, 6.45) is 2.68. The highest BCUT2D eigenvalue weighted by molar-refractivity contribution is 6.01. The van der Waals surface area contributed by atoms with Crippen LogP contribution in [0.4, 0.5) is 4.39 Å². The van der Waals surface area contributed by atoms with Gasteiger partial charge in [-0.1, -0.05) is 0 Å². The fourth-order valence-electron chi connectivity index (χ4n) is 3.33. The van der Waals surface area contributed by atoms with Gasteiger partial charge >= 0.3 is 5.97 Å². The molecule has 0 bridgehead atoms. The monoisotopic (exact) mass is 449 g/mol. The number of benzene rings is 1. The van der Waals surface area contributed by atoms with Crippen LogP contribution in [0.1, 0.15) is 61.7 Å². The molecule has 0 spiro atoms. The van der Waals surface area contributed by atoms with Gasteiger partial charge in [-0.25, -0.2) is 9.18 Å². The van der Waals surface area contributed by atoms with E-state index < -0.39 is 23.7 Å². The van der Waals surface area contributed by atoms with E-state index in [0.717, 1.165) is 0 Å². The molecule has 4 amide bonds. The van der Waals surface area contributed by atoms with Crippen molar-refractivity contribution in [1.29, 1.82) is 0 Å². The lowest BCUT2D eigenvalue weighted by Crippen LogP contribution is -2.40. The second kappa shape index (κ2) is 12.5. The number of nitrogens with zero attached hydrogens (tertiary/aromatic N) is 1. The summed E-state index contributed by atoms with van der Waals surface area (Å²) in [5.41, 5.74) is 0.340. The number of nitrogens with one attached hydrogen (secondary N) is 2. The SMILES string of the molecule is O=C(CCCCNC(=O)c1ccc(F)cc1)N[C@@H](CCCCN1C(=O)CCC1=O)C(=O)O. The number of amides is 4. The van der Waals surface area contributed by atoms with Crippen molar-refractivity contribution < 1.29 is 33.5 Å². The van der Waals surface area contributed by atoms with Crippen LogP contribution in [0.3, 0.4) is 0 Å². The first kappa shape index (κ1) is 25.0. The summed E-state index contributed by atoms with van der Waals surface area (Å²) in [7, 11) is 0. The van der Waals surface area contributed by atoms with Crippen molar-refractivity contribution in [1.82, 2.24) is 15.5 Å². The number of imide groups is 1. The third-order valence-corrected chi connectivity index (χ3v) is 5.14. The molecule has 0 saturated carbocycles. The predicted molar refractivity (Wildman–Crippen MR) is 112 cm³/mol. The number of aliphatic carboxylic acids is 1. The predicted octanol–water partition coefficient (Wildman–Crippen LogP) is 1.61. The first-order valence-electron chi connectivity index (χ1n) is 10.7. The van der Waals surface area contributed by atoms with Gasteiger partial charge in [-0.05, 0) is 56.4 Å². The molecule has 1 aliphatic rings. The van der Waals surface area contributed by atoms with E-state index in [1.54, 1.807) is 0 Å². The van der Waals surface area contributed by atoms with Crippen LogP contribution in [0.25, 0.3) is 0 Å². The Labute approximate surface area is 185 Å². The highest BCUT2D eigenvalue weighted by Crippen LogP contribution is 2.13. The number of hydrogen-bond donors (Lipinski definition) is 3. The van der Waals surface area contributed by atoms with Crippen molar-refractivity contribution in [3.8, 4) is 0 Å². The van der Waals surface area contributed by atoms with E-state index in [4.69, 9.17) is 0 Å². The fourth-order valence-corrected chi connectivity index (χ4v) is 3.33. The summed E-state index contributed by atoms with van der Waals surface area (Å²) in [5.74, 6) is -2.70. The summed E-state index contributed by atoms with van der Waals surface area (Å²) in [4.78, 5) is 59.6. The zero-order valence-corrected chi connectivity index (χ0v) is 17.8. The van der Waals surface area contributed by atoms with Gasteiger partial charge in [0, 0.05) is 37.9 Å². The molecule has 0 aliphatic carbocycles. The highest BCUT2D eigenvalue weighted by Gasteiger charge is 2.28. The molecule has 1 atom stereocenters. The lowest BCUT2D eigenvalue weighted by molar-refractivity contribution is -0.142. The molecule has 1 saturated heterocycles. The van der Waals surface area contributed by atoms with Crippen LogP contribution in [-0.2, 0) is 19.2 Å². The zero-order chi connectivity index (χ0) is 23.5. The second-order valence-electron chi connectivity index (χ2n) is 7.61. The number of carbonyl (C=O) groups is 5. The minimum absolute atomic E-state index is 0.118. The van der Waals surface area contributed by atoms with Crippen molar-refractivity contribution in [2.75, 3.05) is 13.1 Å². The van der Waals surface area contributed by atoms with E-state index in [2.05, 4.69) is 10.6 Å². The topological polar surface area (TPSA) is 133 Å². The summed E-state index contributed by atoms with van der Waals surface area (Å²) in [6, 6.07) is 4.12. The lowest BCUT2D eigenvalue weighted by atomic mass is 10.1. The van der Waals surface area contributed by atoms with Gasteiger partial charge in [0.25, 0.3) is 5.91 Å². The molecular formula is C22H28FN3O6. The summed E-state index contributed by atoms with van der Waals surface area (Å²) < 4.78 is 12.9. The van der Waals surface area contributed by atoms with Gasteiger partial charge in [0.05, 0.1) is 0 Å². The molecule has 0 aromatic heterocycles. The lowest BCUT2D eigenvalue weighted by Gasteiger charge is -2.16. The Balaban J connectivity index is 1.60. The van der Waals surface area contributed by atoms with Gasteiger partial charge < -0.3 is 15.7 Å². The molecule has 2 rings (SSSR count). The van der Waals surface area contributed by atoms with Gasteiger partial charge in [0.1, 0.15) is 11.9 Å². The average molecular weight is 449 g/mol. The molecule has 1 aromatic carbocycles. The van der Waals surface area contributed by atoms with E-state index in [-0.39, 0.29) is 49.9 Å². The average Bonchev–Trinajstić information content (AvgIpc) is 3.07. The maximum atomic E-state index is 12.9. The second-order valence-corrected chi connectivity index (χ2v) is 7.61. The minimum atomic E-state index is -1.14. The number of carbonyl (C=O) groups excluding carboxylic acids is 4. The van der Waals surface area contributed by atoms with Crippen LogP contribution < -0.4 is 10.6 Å². The Morgan fingerprint density at radius 1 is 1.00 bits per heavy atom. The van der Waals surface area contributed by atoms with Crippen LogP contribution >= 0.6 is 0 Å². The zero-order valence-electron chi connectivity index (χ0n) is 17.8. The highest BCUT2D eigenvalue weighted by atomic mass is 19.1. The third-order valence-electron chi connectivity index (χ3n) is 5.14. The van der Waals surface area contributed by atoms with E-state index in [9.17, 15) is 33.5 Å². The normalized spacial score (nSPS) is 14.3. The Hall–Kier alpha value is -3.30. The molecule has 10 heteroatoms. The van der Waals surface area contributed by atoms with E-state index in [1.165, 1.54) is 29.2 Å². The van der Waals surface area contributed by atoms with Gasteiger partial charge in [0.15, 0.2) is 0 Å². The van der Waals surface area contributed by atoms with Crippen molar-refractivity contribution in [3.05, 3.63) is 35.6 Å². The van der Waals surface area contributed by atoms with Crippen LogP contribution in [0.15, 0.2) is 24.3 Å². The molecule has 174 valence electrons. The number of rotatable bonds is 13. The van der Waals surface area contributed by atoms with Crippen molar-refractivity contribution in [2.45, 2.75) is 57.4 Å². The maximum Gasteiger partial charge on any atom is 0.326 e. The number of halogens is 1. The molecule has 1 aliphatic heterocycles. The number of carboxylic acids is 1. The Bertz CT molecular complexity index is 827. The molecule has 0 unspecified atom stereocenters. The molecule has 32 heavy (non-hydrogen) atoms. The van der Waals surface area contributed by atoms with E-state index in [0.29, 0.717) is 37.8 Å². The first-order chi connectivity index (χ1) is 15.3. The van der Waals surface area contributed by atoms with Gasteiger partial charge in [-0.15, -0.1) is 0 Å². The van der Waals surface area contributed by atoms with Gasteiger partial charge in [-0.3, -0.25) is 24.1 Å². The van der Waals surface area contributed by atoms with Crippen molar-refractivity contribution in [2.24, 2.45) is 0 Å². The van der Waals surface area contributed by atoms with Gasteiger partial charge in [-0.2, -0.15) is 0 Å². The van der Waals surface area contributed by atoms with Crippen molar-refractivity contribution in [3.63, 3.8) is 0 Å². The number of hydrogen-bond acceptors (Lipinski definition) is 5. The molecule has 3 N–H and O–H groups in total. The smallest absolute Gasteiger partial charge is 0.326 e. The van der Waals surface area contributed by atoms with Crippen LogP contribution in [0.5, 0.6) is 0 Å². The standard InChI is InChI=1S/C22H28FN3O6/c23-16-9-7-15(8-10-16)21(30)24-13-3-1-6-18(27)25-17(22(31)32)5-2-4-14-26-19(28)11-12-20(26)29/h7-10,17H,1-6,11-14H2,(H,24,30)(H,25,27)(H,31,32)/t17-/m0/s1. The quantitative estimate of drug-likeness (QED) is 0.310. The first-order valence-corrected chi connectivity index (χ1v) is 10.7. The summed E-state index contributed by atoms with van der Waals surface area (Å²) >= 11 is 0. The molecular weight excluding hydrogens is 421 g/mol. The van der Waals surface area contributed by atoms with Crippen molar-refractivity contribution >= 4 is 29.6 Å². The summed E-state index contributed by atoms with van der Waals surface area (Å²) in [6.45, 7) is 0.599. The molecule has 1 heterocycles. The molecule has 9 nitrogen and oxygen atoms in total. The number of unbranched alkanes of at least 4 members (excludes halogenated alkanes) is 2. The Kier molecular flexibility index (Phi) is 9.77. The molecule has 1 aromatic rings. The molecule has 1 fully saturated rings. The maximum absolute atomic E-state index is 12.9. The number of likely N-dealkylation sites (tertiary alicyclic amines) is 1. The third kappa shape index (κ3) is 8.09.